The summed E-state index contributed by atoms with van der Waals surface area (Å²) >= 11 is 3.33. The van der Waals surface area contributed by atoms with Crippen LogP contribution in [-0.4, -0.2) is 15.0 Å². The van der Waals surface area contributed by atoms with E-state index < -0.39 is 10.2 Å². The molecule has 0 fully saturated rings. The quantitative estimate of drug-likeness (QED) is 0.842. The highest BCUT2D eigenvalue weighted by Crippen LogP contribution is 2.10. The summed E-state index contributed by atoms with van der Waals surface area (Å²) in [6, 6.07) is 7.50. The lowest BCUT2D eigenvalue weighted by Gasteiger charge is -2.10. The molecular formula is C11H17BrN2O2S. The second-order valence-electron chi connectivity index (χ2n) is 4.19. The monoisotopic (exact) mass is 320 g/mol. The van der Waals surface area contributed by atoms with Gasteiger partial charge in [0.05, 0.1) is 0 Å². The Balaban J connectivity index is 2.47. The molecule has 0 aliphatic heterocycles. The Labute approximate surface area is 111 Å². The van der Waals surface area contributed by atoms with Crippen molar-refractivity contribution in [2.75, 3.05) is 6.54 Å². The van der Waals surface area contributed by atoms with Crippen molar-refractivity contribution in [3.05, 3.63) is 34.3 Å². The van der Waals surface area contributed by atoms with Gasteiger partial charge in [0, 0.05) is 17.6 Å². The van der Waals surface area contributed by atoms with E-state index in [-0.39, 0.29) is 0 Å². The molecule has 0 heterocycles. The maximum absolute atomic E-state index is 11.5. The van der Waals surface area contributed by atoms with Gasteiger partial charge in [-0.15, -0.1) is 0 Å². The van der Waals surface area contributed by atoms with Crippen LogP contribution in [0.4, 0.5) is 0 Å². The number of halogens is 1. The van der Waals surface area contributed by atoms with Crippen LogP contribution in [0, 0.1) is 5.92 Å². The zero-order chi connectivity index (χ0) is 12.9. The Hall–Kier alpha value is -0.430. The molecule has 0 aliphatic rings. The van der Waals surface area contributed by atoms with Crippen LogP contribution in [0.3, 0.4) is 0 Å². The molecule has 4 nitrogen and oxygen atoms in total. The fraction of sp³-hybridized carbons (Fsp3) is 0.455. The first kappa shape index (κ1) is 14.6. The Morgan fingerprint density at radius 3 is 2.29 bits per heavy atom. The van der Waals surface area contributed by atoms with Gasteiger partial charge in [-0.2, -0.15) is 13.1 Å². The summed E-state index contributed by atoms with van der Waals surface area (Å²) in [5, 5.41) is 0. The molecule has 6 heteroatoms. The lowest BCUT2D eigenvalue weighted by Crippen LogP contribution is -2.37. The summed E-state index contributed by atoms with van der Waals surface area (Å²) in [5.74, 6) is 0.291. The summed E-state index contributed by atoms with van der Waals surface area (Å²) in [7, 11) is -3.40. The van der Waals surface area contributed by atoms with E-state index in [1.807, 2.05) is 38.1 Å². The van der Waals surface area contributed by atoms with Gasteiger partial charge in [-0.3, -0.25) is 0 Å². The van der Waals surface area contributed by atoms with Gasteiger partial charge in [0.1, 0.15) is 0 Å². The molecular weight excluding hydrogens is 304 g/mol. The van der Waals surface area contributed by atoms with Gasteiger partial charge >= 0.3 is 0 Å². The van der Waals surface area contributed by atoms with Crippen molar-refractivity contribution in [2.24, 2.45) is 5.92 Å². The zero-order valence-corrected chi connectivity index (χ0v) is 12.3. The van der Waals surface area contributed by atoms with Gasteiger partial charge in [-0.1, -0.05) is 41.9 Å². The van der Waals surface area contributed by atoms with Gasteiger partial charge < -0.3 is 0 Å². The van der Waals surface area contributed by atoms with E-state index in [0.29, 0.717) is 19.0 Å². The van der Waals surface area contributed by atoms with E-state index in [1.165, 1.54) is 0 Å². The third-order valence-corrected chi connectivity index (χ3v) is 3.66. The summed E-state index contributed by atoms with van der Waals surface area (Å²) in [6.45, 7) is 4.64. The zero-order valence-electron chi connectivity index (χ0n) is 9.90. The van der Waals surface area contributed by atoms with E-state index >= 15 is 0 Å². The van der Waals surface area contributed by atoms with Crippen molar-refractivity contribution in [1.29, 1.82) is 0 Å². The molecule has 0 amide bonds. The minimum atomic E-state index is -3.40. The molecule has 0 saturated heterocycles. The largest absolute Gasteiger partial charge is 0.277 e. The Morgan fingerprint density at radius 1 is 1.18 bits per heavy atom. The molecule has 0 unspecified atom stereocenters. The predicted octanol–water partition coefficient (Wildman–Crippen LogP) is 2.03. The standard InChI is InChI=1S/C11H17BrN2O2S/c1-9(2)7-13-17(15,16)14-8-10-3-5-11(12)6-4-10/h3-6,9,13-14H,7-8H2,1-2H3. The first-order valence-corrected chi connectivity index (χ1v) is 7.65. The molecule has 96 valence electrons. The van der Waals surface area contributed by atoms with Crippen LogP contribution in [0.25, 0.3) is 0 Å². The van der Waals surface area contributed by atoms with Crippen molar-refractivity contribution in [2.45, 2.75) is 20.4 Å². The number of hydrogen-bond acceptors (Lipinski definition) is 2. The van der Waals surface area contributed by atoms with E-state index in [9.17, 15) is 8.42 Å². The highest BCUT2D eigenvalue weighted by atomic mass is 79.9. The highest BCUT2D eigenvalue weighted by Gasteiger charge is 2.09. The maximum atomic E-state index is 11.5. The van der Waals surface area contributed by atoms with Crippen LogP contribution < -0.4 is 9.44 Å². The molecule has 1 aromatic carbocycles. The lowest BCUT2D eigenvalue weighted by atomic mass is 10.2. The minimum absolute atomic E-state index is 0.291. The minimum Gasteiger partial charge on any atom is -0.202 e. The van der Waals surface area contributed by atoms with Gasteiger partial charge in [0.25, 0.3) is 10.2 Å². The van der Waals surface area contributed by atoms with Gasteiger partial charge in [-0.05, 0) is 23.6 Å². The summed E-state index contributed by atoms with van der Waals surface area (Å²) in [6.07, 6.45) is 0. The summed E-state index contributed by atoms with van der Waals surface area (Å²) in [5.41, 5.74) is 0.920. The SMILES string of the molecule is CC(C)CNS(=O)(=O)NCc1ccc(Br)cc1. The Kier molecular flexibility index (Phi) is 5.58. The second kappa shape index (κ2) is 6.49. The number of hydrogen-bond donors (Lipinski definition) is 2. The molecule has 0 bridgehead atoms. The molecule has 0 atom stereocenters. The maximum Gasteiger partial charge on any atom is 0.277 e. The van der Waals surface area contributed by atoms with Gasteiger partial charge in [-0.25, -0.2) is 4.72 Å². The molecule has 0 radical (unpaired) electrons. The van der Waals surface area contributed by atoms with Crippen LogP contribution in [-0.2, 0) is 16.8 Å². The van der Waals surface area contributed by atoms with E-state index in [0.717, 1.165) is 10.0 Å². The Morgan fingerprint density at radius 2 is 1.76 bits per heavy atom. The number of rotatable bonds is 6. The molecule has 0 saturated carbocycles. The topological polar surface area (TPSA) is 58.2 Å². The van der Waals surface area contributed by atoms with Crippen LogP contribution in [0.2, 0.25) is 0 Å². The summed E-state index contributed by atoms with van der Waals surface area (Å²) in [4.78, 5) is 0. The van der Waals surface area contributed by atoms with Gasteiger partial charge in [0.15, 0.2) is 0 Å². The first-order chi connectivity index (χ1) is 7.89. The number of benzene rings is 1. The molecule has 0 aliphatic carbocycles. The fourth-order valence-corrected chi connectivity index (χ4v) is 2.38. The average Bonchev–Trinajstić information content (AvgIpc) is 2.26. The molecule has 0 aromatic heterocycles. The van der Waals surface area contributed by atoms with Crippen molar-refractivity contribution in [3.8, 4) is 0 Å². The third kappa shape index (κ3) is 6.16. The smallest absolute Gasteiger partial charge is 0.202 e. The highest BCUT2D eigenvalue weighted by molar-refractivity contribution is 9.10. The van der Waals surface area contributed by atoms with E-state index in [4.69, 9.17) is 0 Å². The molecule has 1 rings (SSSR count). The second-order valence-corrected chi connectivity index (χ2v) is 6.69. The van der Waals surface area contributed by atoms with Crippen molar-refractivity contribution < 1.29 is 8.42 Å². The number of nitrogens with one attached hydrogen (secondary N) is 2. The molecule has 17 heavy (non-hydrogen) atoms. The van der Waals surface area contributed by atoms with Crippen LogP contribution in [0.1, 0.15) is 19.4 Å². The molecule has 0 spiro atoms. The van der Waals surface area contributed by atoms with Crippen LogP contribution in [0.5, 0.6) is 0 Å². The van der Waals surface area contributed by atoms with E-state index in [2.05, 4.69) is 25.4 Å². The lowest BCUT2D eigenvalue weighted by molar-refractivity contribution is 0.547. The molecule has 2 N–H and O–H groups in total. The third-order valence-electron chi connectivity index (χ3n) is 2.06. The van der Waals surface area contributed by atoms with Crippen LogP contribution >= 0.6 is 15.9 Å². The average molecular weight is 321 g/mol. The van der Waals surface area contributed by atoms with Gasteiger partial charge in [0.2, 0.25) is 0 Å². The van der Waals surface area contributed by atoms with Crippen molar-refractivity contribution in [1.82, 2.24) is 9.44 Å². The van der Waals surface area contributed by atoms with Crippen molar-refractivity contribution >= 4 is 26.1 Å². The first-order valence-electron chi connectivity index (χ1n) is 5.38. The van der Waals surface area contributed by atoms with Crippen molar-refractivity contribution in [3.63, 3.8) is 0 Å². The van der Waals surface area contributed by atoms with Crippen LogP contribution in [0.15, 0.2) is 28.7 Å². The van der Waals surface area contributed by atoms with E-state index in [1.54, 1.807) is 0 Å². The summed E-state index contributed by atoms with van der Waals surface area (Å²) < 4.78 is 29.0. The predicted molar refractivity (Wildman–Crippen MR) is 72.7 cm³/mol. The normalized spacial score (nSPS) is 12.0. The Bertz CT molecular complexity index is 443. The fourth-order valence-electron chi connectivity index (χ4n) is 1.11. The molecule has 1 aromatic rings.